The molecule has 0 aliphatic heterocycles. The average Bonchev–Trinajstić information content (AvgIpc) is 2.86. The predicted molar refractivity (Wildman–Crippen MR) is 119 cm³/mol. The maximum absolute atomic E-state index is 14.3. The van der Waals surface area contributed by atoms with E-state index >= 15 is 0 Å². The zero-order valence-electron chi connectivity index (χ0n) is 17.1. The molecule has 4 rings (SSSR count). The van der Waals surface area contributed by atoms with E-state index in [1.165, 1.54) is 18.6 Å². The molecule has 162 valence electrons. The van der Waals surface area contributed by atoms with Crippen LogP contribution in [0.15, 0.2) is 91.8 Å². The topological polar surface area (TPSA) is 130 Å². The van der Waals surface area contributed by atoms with Crippen LogP contribution in [-0.2, 0) is 0 Å². The normalized spacial score (nSPS) is 11.0. The molecule has 0 bridgehead atoms. The first kappa shape index (κ1) is 21.5. The monoisotopic (exact) mass is 441 g/mol. The maximum Gasteiger partial charge on any atom is 0.361 e. The van der Waals surface area contributed by atoms with Crippen molar-refractivity contribution in [3.8, 4) is 0 Å². The Labute approximate surface area is 187 Å². The molecule has 0 aliphatic rings. The van der Waals surface area contributed by atoms with Gasteiger partial charge in [0.25, 0.3) is 0 Å². The molecule has 0 radical (unpaired) electrons. The summed E-state index contributed by atoms with van der Waals surface area (Å²) >= 11 is 0. The largest absolute Gasteiger partial charge is 0.478 e. The zero-order chi connectivity index (χ0) is 23.4. The number of aromatic carboxylic acids is 2. The fourth-order valence-corrected chi connectivity index (χ4v) is 3.65. The molecule has 0 saturated carbocycles. The van der Waals surface area contributed by atoms with Gasteiger partial charge in [-0.3, -0.25) is 15.0 Å². The third-order valence-corrected chi connectivity index (χ3v) is 5.08. The number of carboxylic acid groups (broad SMARTS) is 2. The van der Waals surface area contributed by atoms with Crippen LogP contribution >= 0.6 is 0 Å². The summed E-state index contributed by atoms with van der Waals surface area (Å²) in [6, 6.07) is 13.4. The Kier molecular flexibility index (Phi) is 5.71. The van der Waals surface area contributed by atoms with Crippen molar-refractivity contribution >= 4 is 34.9 Å². The highest BCUT2D eigenvalue weighted by atomic mass is 16.4. The standard InChI is InChI=1S/C24H16N4O5/c29-22(16-10-17(23(30)31)12-18(11-16)24(32)33)28(19-4-1-7-25-13-19,20-5-2-8-26-14-20)21-6-3-9-27-15-21/h1-15H,(H-,30,31,32,33)/p+1. The van der Waals surface area contributed by atoms with Crippen LogP contribution in [0.2, 0.25) is 0 Å². The highest BCUT2D eigenvalue weighted by Gasteiger charge is 2.46. The number of benzene rings is 1. The number of quaternary nitrogens is 1. The summed E-state index contributed by atoms with van der Waals surface area (Å²) in [6.07, 6.45) is 9.21. The minimum absolute atomic E-state index is 0.108. The molecule has 1 amide bonds. The number of carboxylic acids is 2. The van der Waals surface area contributed by atoms with Crippen LogP contribution in [0.5, 0.6) is 0 Å². The van der Waals surface area contributed by atoms with Gasteiger partial charge in [0.2, 0.25) is 0 Å². The number of carbonyl (C=O) groups excluding carboxylic acids is 1. The van der Waals surface area contributed by atoms with E-state index in [4.69, 9.17) is 0 Å². The van der Waals surface area contributed by atoms with Gasteiger partial charge < -0.3 is 10.2 Å². The number of hydrogen-bond donors (Lipinski definition) is 2. The minimum atomic E-state index is -1.35. The smallest absolute Gasteiger partial charge is 0.361 e. The molecule has 2 N–H and O–H groups in total. The van der Waals surface area contributed by atoms with Gasteiger partial charge in [0, 0.05) is 36.8 Å². The van der Waals surface area contributed by atoms with Crippen molar-refractivity contribution in [1.82, 2.24) is 19.4 Å². The third-order valence-electron chi connectivity index (χ3n) is 5.08. The van der Waals surface area contributed by atoms with Crippen LogP contribution in [0.4, 0.5) is 17.1 Å². The molecule has 9 heteroatoms. The predicted octanol–water partition coefficient (Wildman–Crippen LogP) is 4.08. The van der Waals surface area contributed by atoms with Crippen molar-refractivity contribution in [2.24, 2.45) is 0 Å². The molecule has 0 unspecified atom stereocenters. The van der Waals surface area contributed by atoms with Crippen LogP contribution in [-0.4, -0.2) is 43.0 Å². The SMILES string of the molecule is O=C(O)c1cc(C(=O)O)cc(C(=O)[N+](c2cccnc2)(c2cccnc2)c2cccnc2)c1. The van der Waals surface area contributed by atoms with Gasteiger partial charge in [-0.1, -0.05) is 0 Å². The molecule has 1 aromatic carbocycles. The van der Waals surface area contributed by atoms with E-state index < -0.39 is 22.3 Å². The van der Waals surface area contributed by atoms with Gasteiger partial charge in [-0.25, -0.2) is 14.4 Å². The van der Waals surface area contributed by atoms with E-state index in [0.29, 0.717) is 17.1 Å². The summed E-state index contributed by atoms with van der Waals surface area (Å²) in [5.74, 6) is -3.31. The van der Waals surface area contributed by atoms with E-state index in [1.54, 1.807) is 55.0 Å². The lowest BCUT2D eigenvalue weighted by atomic mass is 10.0. The first-order valence-corrected chi connectivity index (χ1v) is 9.72. The van der Waals surface area contributed by atoms with Crippen LogP contribution in [0.3, 0.4) is 0 Å². The highest BCUT2D eigenvalue weighted by molar-refractivity contribution is 6.12. The number of nitrogens with zero attached hydrogens (tertiary/aromatic N) is 4. The lowest BCUT2D eigenvalue weighted by Gasteiger charge is -2.33. The molecule has 4 aromatic rings. The Bertz CT molecular complexity index is 1200. The summed E-state index contributed by atoms with van der Waals surface area (Å²) in [7, 11) is 0. The second-order valence-electron chi connectivity index (χ2n) is 7.02. The van der Waals surface area contributed by atoms with E-state index in [1.807, 2.05) is 0 Å². The fourth-order valence-electron chi connectivity index (χ4n) is 3.65. The molecule has 0 aliphatic carbocycles. The highest BCUT2D eigenvalue weighted by Crippen LogP contribution is 2.44. The first-order chi connectivity index (χ1) is 15.9. The van der Waals surface area contributed by atoms with Gasteiger partial charge in [0.15, 0.2) is 17.1 Å². The van der Waals surface area contributed by atoms with Gasteiger partial charge in [0.05, 0.1) is 35.3 Å². The Hall–Kier alpha value is -4.76. The Morgan fingerprint density at radius 3 is 1.27 bits per heavy atom. The number of carbonyl (C=O) groups is 3. The minimum Gasteiger partial charge on any atom is -0.478 e. The zero-order valence-corrected chi connectivity index (χ0v) is 17.1. The van der Waals surface area contributed by atoms with Crippen LogP contribution in [0, 0.1) is 0 Å². The second kappa shape index (κ2) is 8.77. The average molecular weight is 441 g/mol. The summed E-state index contributed by atoms with van der Waals surface area (Å²) in [5.41, 5.74) is 0.548. The van der Waals surface area contributed by atoms with Crippen molar-refractivity contribution in [1.29, 1.82) is 0 Å². The Balaban J connectivity index is 2.09. The van der Waals surface area contributed by atoms with Gasteiger partial charge >= 0.3 is 17.8 Å². The molecule has 9 nitrogen and oxygen atoms in total. The van der Waals surface area contributed by atoms with Crippen LogP contribution in [0.1, 0.15) is 31.1 Å². The van der Waals surface area contributed by atoms with E-state index in [9.17, 15) is 24.6 Å². The van der Waals surface area contributed by atoms with Crippen molar-refractivity contribution in [3.63, 3.8) is 0 Å². The van der Waals surface area contributed by atoms with Gasteiger partial charge in [-0.05, 0) is 36.4 Å². The number of aromatic nitrogens is 3. The second-order valence-corrected chi connectivity index (χ2v) is 7.02. The maximum atomic E-state index is 14.3. The van der Waals surface area contributed by atoms with E-state index in [2.05, 4.69) is 15.0 Å². The lowest BCUT2D eigenvalue weighted by molar-refractivity contribution is 0.0696. The number of amides is 1. The van der Waals surface area contributed by atoms with Gasteiger partial charge in [-0.2, -0.15) is 4.48 Å². The van der Waals surface area contributed by atoms with Crippen molar-refractivity contribution in [2.45, 2.75) is 0 Å². The molecule has 0 fully saturated rings. The summed E-state index contributed by atoms with van der Waals surface area (Å²) in [5, 5.41) is 19.0. The molecule has 0 saturated heterocycles. The fraction of sp³-hybridized carbons (Fsp3) is 0. The van der Waals surface area contributed by atoms with Crippen molar-refractivity contribution in [2.75, 3.05) is 0 Å². The number of pyridine rings is 3. The van der Waals surface area contributed by atoms with Crippen LogP contribution < -0.4 is 4.48 Å². The van der Waals surface area contributed by atoms with Crippen molar-refractivity contribution < 1.29 is 24.6 Å². The Morgan fingerprint density at radius 2 is 0.970 bits per heavy atom. The molecular weight excluding hydrogens is 424 g/mol. The number of hydrogen-bond acceptors (Lipinski definition) is 6. The van der Waals surface area contributed by atoms with Crippen LogP contribution in [0.25, 0.3) is 0 Å². The summed E-state index contributed by atoms with van der Waals surface area (Å²) in [6.45, 7) is 0. The molecule has 33 heavy (non-hydrogen) atoms. The van der Waals surface area contributed by atoms with Crippen molar-refractivity contribution in [3.05, 3.63) is 108 Å². The molecule has 0 atom stereocenters. The Morgan fingerprint density at radius 1 is 0.606 bits per heavy atom. The van der Waals surface area contributed by atoms with Gasteiger partial charge in [-0.15, -0.1) is 0 Å². The number of rotatable bonds is 6. The third kappa shape index (κ3) is 3.84. The van der Waals surface area contributed by atoms with E-state index in [-0.39, 0.29) is 16.7 Å². The van der Waals surface area contributed by atoms with E-state index in [0.717, 1.165) is 18.2 Å². The summed E-state index contributed by atoms with van der Waals surface area (Å²) in [4.78, 5) is 50.2. The van der Waals surface area contributed by atoms with Gasteiger partial charge in [0.1, 0.15) is 0 Å². The molecular formula is C24H17N4O5+. The summed E-state index contributed by atoms with van der Waals surface area (Å²) < 4.78 is -0.572. The molecule has 3 aromatic heterocycles. The molecule has 0 spiro atoms. The molecule has 3 heterocycles. The quantitative estimate of drug-likeness (QED) is 0.428. The first-order valence-electron chi connectivity index (χ1n) is 9.72. The lowest BCUT2D eigenvalue weighted by Crippen LogP contribution is -2.45.